The van der Waals surface area contributed by atoms with Crippen molar-refractivity contribution >= 4 is 22.6 Å². The Balaban J connectivity index is 1.43. The van der Waals surface area contributed by atoms with Crippen molar-refractivity contribution < 1.29 is 19.4 Å². The number of pyridine rings is 1. The lowest BCUT2D eigenvalue weighted by Crippen LogP contribution is -2.34. The highest BCUT2D eigenvalue weighted by atomic mass is 16.5. The Hall–Kier alpha value is -3.90. The number of aliphatic hydroxyl groups is 1. The van der Waals surface area contributed by atoms with E-state index in [0.717, 1.165) is 27.8 Å². The highest BCUT2D eigenvalue weighted by molar-refractivity contribution is 5.78. The second-order valence-electron chi connectivity index (χ2n) is 7.54. The number of aromatic nitrogens is 1. The van der Waals surface area contributed by atoms with E-state index in [2.05, 4.69) is 10.3 Å². The molecule has 6 heteroatoms. The number of hydrogen-bond acceptors (Lipinski definition) is 6. The molecule has 2 atom stereocenters. The monoisotopic (exact) mass is 442 g/mol. The minimum Gasteiger partial charge on any atom is -0.487 e. The van der Waals surface area contributed by atoms with Crippen LogP contribution in [0.3, 0.4) is 0 Å². The Bertz CT molecular complexity index is 1200. The van der Waals surface area contributed by atoms with E-state index in [1.165, 1.54) is 0 Å². The van der Waals surface area contributed by atoms with Crippen LogP contribution in [0.15, 0.2) is 91.0 Å². The zero-order valence-corrected chi connectivity index (χ0v) is 18.3. The van der Waals surface area contributed by atoms with Crippen LogP contribution >= 0.6 is 0 Å². The molecule has 168 valence electrons. The zero-order chi connectivity index (χ0) is 23.0. The molecule has 0 aliphatic carbocycles. The summed E-state index contributed by atoms with van der Waals surface area (Å²) >= 11 is 0. The minimum absolute atomic E-state index is 0.204. The number of nitrogens with zero attached hydrogens (tertiary/aromatic N) is 1. The largest absolute Gasteiger partial charge is 0.487 e. The number of ether oxygens (including phenoxy) is 2. The highest BCUT2D eigenvalue weighted by Gasteiger charge is 2.28. The van der Waals surface area contributed by atoms with Gasteiger partial charge in [0.1, 0.15) is 12.4 Å². The highest BCUT2D eigenvalue weighted by Crippen LogP contribution is 2.25. The average molecular weight is 443 g/mol. The molecule has 6 nitrogen and oxygen atoms in total. The summed E-state index contributed by atoms with van der Waals surface area (Å²) in [5.41, 5.74) is 3.30. The number of para-hydroxylation sites is 1. The van der Waals surface area contributed by atoms with Crippen LogP contribution in [0.5, 0.6) is 5.75 Å². The van der Waals surface area contributed by atoms with E-state index in [1.54, 1.807) is 6.92 Å². The molecule has 4 rings (SSSR count). The summed E-state index contributed by atoms with van der Waals surface area (Å²) in [5, 5.41) is 14.9. The van der Waals surface area contributed by atoms with E-state index in [-0.39, 0.29) is 6.61 Å². The van der Waals surface area contributed by atoms with Crippen molar-refractivity contribution in [2.45, 2.75) is 25.7 Å². The van der Waals surface area contributed by atoms with Crippen LogP contribution in [0.1, 0.15) is 24.2 Å². The molecule has 0 spiro atoms. The fraction of sp³-hybridized carbons (Fsp3) is 0.185. The number of anilines is 1. The van der Waals surface area contributed by atoms with Crippen LogP contribution in [0.2, 0.25) is 0 Å². The number of nitrogens with one attached hydrogen (secondary N) is 1. The Morgan fingerprint density at radius 1 is 0.939 bits per heavy atom. The summed E-state index contributed by atoms with van der Waals surface area (Å²) in [6.07, 6.45) is -1.35. The van der Waals surface area contributed by atoms with Crippen molar-refractivity contribution in [2.75, 3.05) is 11.9 Å². The SMILES string of the molecule is CCOC(=O)[C@H](O)[C@H](Nc1ccc(OCc2ccc3ccccc3n2)cc1)c1ccccc1. The molecule has 1 heterocycles. The van der Waals surface area contributed by atoms with Crippen molar-refractivity contribution in [3.63, 3.8) is 0 Å². The second-order valence-corrected chi connectivity index (χ2v) is 7.54. The van der Waals surface area contributed by atoms with Gasteiger partial charge in [0.25, 0.3) is 0 Å². The standard InChI is InChI=1S/C27H26N2O4/c1-2-32-27(31)26(30)25(20-9-4-3-5-10-20)29-21-14-16-23(17-15-21)33-18-22-13-12-19-8-6-7-11-24(19)28-22/h3-17,25-26,29-30H,2,18H2,1H3/t25-,26-/m1/s1. The van der Waals surface area contributed by atoms with E-state index in [1.807, 2.05) is 91.0 Å². The predicted octanol–water partition coefficient (Wildman–Crippen LogP) is 4.89. The molecule has 3 aromatic carbocycles. The molecule has 0 amide bonds. The van der Waals surface area contributed by atoms with Gasteiger partial charge < -0.3 is 19.9 Å². The number of carbonyl (C=O) groups is 1. The van der Waals surface area contributed by atoms with Gasteiger partial charge in [-0.3, -0.25) is 0 Å². The molecule has 0 aliphatic rings. The molecule has 4 aromatic rings. The molecular weight excluding hydrogens is 416 g/mol. The lowest BCUT2D eigenvalue weighted by molar-refractivity contribution is -0.153. The number of aliphatic hydroxyl groups excluding tert-OH is 1. The van der Waals surface area contributed by atoms with Crippen LogP contribution < -0.4 is 10.1 Å². The van der Waals surface area contributed by atoms with E-state index < -0.39 is 18.1 Å². The van der Waals surface area contributed by atoms with E-state index in [0.29, 0.717) is 12.4 Å². The smallest absolute Gasteiger partial charge is 0.337 e. The minimum atomic E-state index is -1.35. The molecule has 33 heavy (non-hydrogen) atoms. The molecule has 0 radical (unpaired) electrons. The van der Waals surface area contributed by atoms with Crippen molar-refractivity contribution in [1.29, 1.82) is 0 Å². The van der Waals surface area contributed by atoms with Gasteiger partial charge in [0.2, 0.25) is 0 Å². The number of fused-ring (bicyclic) bond motifs is 1. The third-order valence-electron chi connectivity index (χ3n) is 5.22. The average Bonchev–Trinajstić information content (AvgIpc) is 2.87. The Morgan fingerprint density at radius 3 is 2.42 bits per heavy atom. The van der Waals surface area contributed by atoms with Gasteiger partial charge in [-0.05, 0) is 48.9 Å². The van der Waals surface area contributed by atoms with Gasteiger partial charge >= 0.3 is 5.97 Å². The summed E-state index contributed by atoms with van der Waals surface area (Å²) in [6.45, 7) is 2.27. The normalized spacial score (nSPS) is 12.7. The quantitative estimate of drug-likeness (QED) is 0.359. The van der Waals surface area contributed by atoms with Gasteiger partial charge in [-0.15, -0.1) is 0 Å². The molecule has 0 aliphatic heterocycles. The third-order valence-corrected chi connectivity index (χ3v) is 5.22. The van der Waals surface area contributed by atoms with E-state index >= 15 is 0 Å². The van der Waals surface area contributed by atoms with Crippen molar-refractivity contribution in [3.8, 4) is 5.75 Å². The van der Waals surface area contributed by atoms with Gasteiger partial charge in [0.15, 0.2) is 6.10 Å². The topological polar surface area (TPSA) is 80.7 Å². The van der Waals surface area contributed by atoms with Gasteiger partial charge in [0.05, 0.1) is 23.9 Å². The maximum absolute atomic E-state index is 12.2. The predicted molar refractivity (Wildman–Crippen MR) is 128 cm³/mol. The van der Waals surface area contributed by atoms with Crippen LogP contribution in [-0.4, -0.2) is 28.8 Å². The number of hydrogen-bond donors (Lipinski definition) is 2. The summed E-state index contributed by atoms with van der Waals surface area (Å²) < 4.78 is 10.9. The molecular formula is C27H26N2O4. The summed E-state index contributed by atoms with van der Waals surface area (Å²) in [5.74, 6) is 0.0272. The molecule has 1 aromatic heterocycles. The Morgan fingerprint density at radius 2 is 1.67 bits per heavy atom. The number of carbonyl (C=O) groups excluding carboxylic acids is 1. The first kappa shape index (κ1) is 22.3. The number of benzene rings is 3. The second kappa shape index (κ2) is 10.6. The van der Waals surface area contributed by atoms with Crippen LogP contribution in [0.4, 0.5) is 5.69 Å². The van der Waals surface area contributed by atoms with Crippen LogP contribution in [0.25, 0.3) is 10.9 Å². The van der Waals surface area contributed by atoms with Gasteiger partial charge in [-0.25, -0.2) is 9.78 Å². The lowest BCUT2D eigenvalue weighted by atomic mass is 10.0. The van der Waals surface area contributed by atoms with Crippen LogP contribution in [-0.2, 0) is 16.1 Å². The first-order valence-corrected chi connectivity index (χ1v) is 10.9. The molecule has 0 saturated carbocycles. The van der Waals surface area contributed by atoms with Crippen molar-refractivity contribution in [3.05, 3.63) is 102 Å². The Kier molecular flexibility index (Phi) is 7.17. The van der Waals surface area contributed by atoms with Gasteiger partial charge in [0, 0.05) is 11.1 Å². The summed E-state index contributed by atoms with van der Waals surface area (Å²) in [6, 6.07) is 28.0. The number of esters is 1. The van der Waals surface area contributed by atoms with Crippen molar-refractivity contribution in [2.24, 2.45) is 0 Å². The van der Waals surface area contributed by atoms with Gasteiger partial charge in [-0.1, -0.05) is 54.6 Å². The fourth-order valence-electron chi connectivity index (χ4n) is 3.54. The van der Waals surface area contributed by atoms with Crippen LogP contribution in [0, 0.1) is 0 Å². The lowest BCUT2D eigenvalue weighted by Gasteiger charge is -2.24. The fourth-order valence-corrected chi connectivity index (χ4v) is 3.54. The maximum Gasteiger partial charge on any atom is 0.337 e. The van der Waals surface area contributed by atoms with E-state index in [9.17, 15) is 9.90 Å². The maximum atomic E-state index is 12.2. The van der Waals surface area contributed by atoms with Crippen molar-refractivity contribution in [1.82, 2.24) is 4.98 Å². The summed E-state index contributed by atoms with van der Waals surface area (Å²) in [4.78, 5) is 16.8. The van der Waals surface area contributed by atoms with Gasteiger partial charge in [-0.2, -0.15) is 0 Å². The molecule has 0 bridgehead atoms. The summed E-state index contributed by atoms with van der Waals surface area (Å²) in [7, 11) is 0. The first-order valence-electron chi connectivity index (χ1n) is 10.9. The third kappa shape index (κ3) is 5.67. The molecule has 0 unspecified atom stereocenters. The zero-order valence-electron chi connectivity index (χ0n) is 18.3. The van der Waals surface area contributed by atoms with E-state index in [4.69, 9.17) is 9.47 Å². The molecule has 0 saturated heterocycles. The first-order chi connectivity index (χ1) is 16.1. The molecule has 0 fully saturated rings. The number of rotatable bonds is 9. The Labute approximate surface area is 192 Å². The molecule has 2 N–H and O–H groups in total.